The lowest BCUT2D eigenvalue weighted by Gasteiger charge is -2.35. The molecular weight excluding hydrogens is 394 g/mol. The molecule has 0 aromatic carbocycles. The lowest BCUT2D eigenvalue weighted by Crippen LogP contribution is -2.49. The van der Waals surface area contributed by atoms with Crippen LogP contribution in [0.15, 0.2) is 35.1 Å². The summed E-state index contributed by atoms with van der Waals surface area (Å²) in [6, 6.07) is 6.46. The first-order valence-corrected chi connectivity index (χ1v) is 8.36. The Morgan fingerprint density at radius 3 is 2.83 bits per heavy atom. The van der Waals surface area contributed by atoms with Gasteiger partial charge in [-0.1, -0.05) is 0 Å². The third kappa shape index (κ3) is 4.28. The average molecular weight is 415 g/mol. The smallest absolute Gasteiger partial charge is 0.237 e. The standard InChI is InChI=1S/C16H20BrN5O.ClH/c1-11-8-18-5-6-22(11)13-3-4-15(19-10-13)21-14-7-12(17)9-20-16(14)23-2;/h3-4,7,9-11,18H,5-6,8H2,1-2H3,(H,19,21);1H/t11-;/m0./s1. The molecule has 0 spiro atoms. The predicted octanol–water partition coefficient (Wildman–Crippen LogP) is 3.21. The van der Waals surface area contributed by atoms with Crippen LogP contribution in [-0.2, 0) is 0 Å². The number of aromatic nitrogens is 2. The molecule has 0 radical (unpaired) electrons. The van der Waals surface area contributed by atoms with Crippen molar-refractivity contribution in [1.29, 1.82) is 0 Å². The van der Waals surface area contributed by atoms with Crippen LogP contribution < -0.4 is 20.3 Å². The molecule has 2 N–H and O–H groups in total. The Balaban J connectivity index is 0.00000208. The summed E-state index contributed by atoms with van der Waals surface area (Å²) in [6.45, 7) is 5.22. The van der Waals surface area contributed by atoms with Gasteiger partial charge in [-0.25, -0.2) is 9.97 Å². The summed E-state index contributed by atoms with van der Waals surface area (Å²) in [7, 11) is 1.60. The molecule has 3 heterocycles. The molecule has 0 aliphatic carbocycles. The summed E-state index contributed by atoms with van der Waals surface area (Å²) in [5.74, 6) is 1.30. The SMILES string of the molecule is COc1ncc(Br)cc1Nc1ccc(N2CCNC[C@@H]2C)cn1.Cl. The van der Waals surface area contributed by atoms with Crippen LogP contribution in [0.1, 0.15) is 6.92 Å². The minimum absolute atomic E-state index is 0. The van der Waals surface area contributed by atoms with Crippen molar-refractivity contribution in [3.05, 3.63) is 35.1 Å². The molecule has 1 fully saturated rings. The lowest BCUT2D eigenvalue weighted by atomic mass is 10.2. The highest BCUT2D eigenvalue weighted by Gasteiger charge is 2.18. The fraction of sp³-hybridized carbons (Fsp3) is 0.375. The van der Waals surface area contributed by atoms with E-state index in [1.54, 1.807) is 13.3 Å². The van der Waals surface area contributed by atoms with Crippen LogP contribution in [0.25, 0.3) is 0 Å². The zero-order valence-corrected chi connectivity index (χ0v) is 16.0. The number of halogens is 2. The number of hydrogen-bond acceptors (Lipinski definition) is 6. The first kappa shape index (κ1) is 18.8. The van der Waals surface area contributed by atoms with Gasteiger partial charge < -0.3 is 20.3 Å². The van der Waals surface area contributed by atoms with Gasteiger partial charge >= 0.3 is 0 Å². The third-order valence-electron chi connectivity index (χ3n) is 3.85. The van der Waals surface area contributed by atoms with Crippen molar-refractivity contribution in [3.63, 3.8) is 0 Å². The Hall–Kier alpha value is -1.57. The fourth-order valence-electron chi connectivity index (χ4n) is 2.67. The maximum atomic E-state index is 5.27. The number of methoxy groups -OCH3 is 1. The molecule has 2 aromatic heterocycles. The Morgan fingerprint density at radius 1 is 1.33 bits per heavy atom. The second-order valence-corrected chi connectivity index (χ2v) is 6.40. The van der Waals surface area contributed by atoms with E-state index in [1.807, 2.05) is 18.3 Å². The Kier molecular flexibility index (Phi) is 6.65. The Bertz CT molecular complexity index is 670. The second-order valence-electron chi connectivity index (χ2n) is 5.48. The van der Waals surface area contributed by atoms with Crippen LogP contribution >= 0.6 is 28.3 Å². The summed E-state index contributed by atoms with van der Waals surface area (Å²) in [4.78, 5) is 11.1. The maximum Gasteiger partial charge on any atom is 0.237 e. The summed E-state index contributed by atoms with van der Waals surface area (Å²) >= 11 is 3.42. The van der Waals surface area contributed by atoms with Crippen LogP contribution in [0.2, 0.25) is 0 Å². The number of rotatable bonds is 4. The highest BCUT2D eigenvalue weighted by atomic mass is 79.9. The van der Waals surface area contributed by atoms with Crippen LogP contribution in [0.4, 0.5) is 17.2 Å². The van der Waals surface area contributed by atoms with E-state index in [9.17, 15) is 0 Å². The highest BCUT2D eigenvalue weighted by molar-refractivity contribution is 9.10. The van der Waals surface area contributed by atoms with Gasteiger partial charge in [-0.05, 0) is 41.1 Å². The summed E-state index contributed by atoms with van der Waals surface area (Å²) in [5.41, 5.74) is 1.92. The van der Waals surface area contributed by atoms with Crippen LogP contribution in [0.5, 0.6) is 5.88 Å². The predicted molar refractivity (Wildman–Crippen MR) is 103 cm³/mol. The van der Waals surface area contributed by atoms with E-state index in [0.29, 0.717) is 11.9 Å². The average Bonchev–Trinajstić information content (AvgIpc) is 2.56. The number of anilines is 3. The van der Waals surface area contributed by atoms with Crippen molar-refractivity contribution in [1.82, 2.24) is 15.3 Å². The fourth-order valence-corrected chi connectivity index (χ4v) is 3.00. The van der Waals surface area contributed by atoms with Gasteiger partial charge in [-0.2, -0.15) is 0 Å². The van der Waals surface area contributed by atoms with Crippen LogP contribution in [-0.4, -0.2) is 42.8 Å². The minimum atomic E-state index is 0. The zero-order valence-electron chi connectivity index (χ0n) is 13.6. The van der Waals surface area contributed by atoms with Gasteiger partial charge in [0.05, 0.1) is 19.0 Å². The normalized spacial score (nSPS) is 17.1. The monoisotopic (exact) mass is 413 g/mol. The lowest BCUT2D eigenvalue weighted by molar-refractivity contribution is 0.400. The number of hydrogen-bond donors (Lipinski definition) is 2. The molecule has 8 heteroatoms. The Morgan fingerprint density at radius 2 is 2.17 bits per heavy atom. The molecule has 24 heavy (non-hydrogen) atoms. The van der Waals surface area contributed by atoms with Crippen molar-refractivity contribution in [3.8, 4) is 5.88 Å². The van der Waals surface area contributed by atoms with Crippen molar-refractivity contribution in [2.75, 3.05) is 37.0 Å². The summed E-state index contributed by atoms with van der Waals surface area (Å²) < 4.78 is 6.15. The molecule has 0 bridgehead atoms. The molecule has 1 atom stereocenters. The van der Waals surface area contributed by atoms with Gasteiger partial charge in [0.25, 0.3) is 0 Å². The Labute approximate surface area is 156 Å². The topological polar surface area (TPSA) is 62.3 Å². The molecule has 0 saturated carbocycles. The van der Waals surface area contributed by atoms with E-state index in [1.165, 1.54) is 0 Å². The second kappa shape index (κ2) is 8.50. The number of piperazine rings is 1. The van der Waals surface area contributed by atoms with Gasteiger partial charge in [-0.3, -0.25) is 0 Å². The number of nitrogens with zero attached hydrogens (tertiary/aromatic N) is 3. The minimum Gasteiger partial charge on any atom is -0.480 e. The number of nitrogens with one attached hydrogen (secondary N) is 2. The van der Waals surface area contributed by atoms with Crippen molar-refractivity contribution < 1.29 is 4.74 Å². The van der Waals surface area contributed by atoms with E-state index in [-0.39, 0.29) is 12.4 Å². The van der Waals surface area contributed by atoms with Crippen molar-refractivity contribution >= 4 is 45.5 Å². The van der Waals surface area contributed by atoms with Gasteiger partial charge in [0.15, 0.2) is 0 Å². The van der Waals surface area contributed by atoms with E-state index in [4.69, 9.17) is 4.74 Å². The van der Waals surface area contributed by atoms with Crippen LogP contribution in [0.3, 0.4) is 0 Å². The molecule has 3 rings (SSSR count). The highest BCUT2D eigenvalue weighted by Crippen LogP contribution is 2.28. The van der Waals surface area contributed by atoms with E-state index >= 15 is 0 Å². The number of pyridine rings is 2. The molecule has 1 aliphatic rings. The van der Waals surface area contributed by atoms with Gasteiger partial charge in [0.1, 0.15) is 11.5 Å². The van der Waals surface area contributed by atoms with E-state index in [2.05, 4.69) is 54.4 Å². The van der Waals surface area contributed by atoms with E-state index in [0.717, 1.165) is 41.3 Å². The molecule has 1 aliphatic heterocycles. The molecule has 130 valence electrons. The van der Waals surface area contributed by atoms with Crippen molar-refractivity contribution in [2.24, 2.45) is 0 Å². The zero-order chi connectivity index (χ0) is 16.2. The largest absolute Gasteiger partial charge is 0.480 e. The molecule has 6 nitrogen and oxygen atoms in total. The maximum absolute atomic E-state index is 5.27. The van der Waals surface area contributed by atoms with Gasteiger partial charge in [0, 0.05) is 36.3 Å². The number of ether oxygens (including phenoxy) is 1. The third-order valence-corrected chi connectivity index (χ3v) is 4.29. The molecule has 0 unspecified atom stereocenters. The van der Waals surface area contributed by atoms with E-state index < -0.39 is 0 Å². The first-order valence-electron chi connectivity index (χ1n) is 7.57. The van der Waals surface area contributed by atoms with Crippen molar-refractivity contribution in [2.45, 2.75) is 13.0 Å². The molecule has 2 aromatic rings. The van der Waals surface area contributed by atoms with Crippen LogP contribution in [0, 0.1) is 0 Å². The summed E-state index contributed by atoms with van der Waals surface area (Å²) in [6.07, 6.45) is 3.61. The first-order chi connectivity index (χ1) is 11.2. The van der Waals surface area contributed by atoms with Gasteiger partial charge in [0.2, 0.25) is 5.88 Å². The molecule has 0 amide bonds. The molecule has 1 saturated heterocycles. The molecular formula is C16H21BrClN5O. The quantitative estimate of drug-likeness (QED) is 0.801. The van der Waals surface area contributed by atoms with Gasteiger partial charge in [-0.15, -0.1) is 12.4 Å². The summed E-state index contributed by atoms with van der Waals surface area (Å²) in [5, 5.41) is 6.64.